The van der Waals surface area contributed by atoms with Crippen molar-refractivity contribution in [3.63, 3.8) is 0 Å². The van der Waals surface area contributed by atoms with E-state index in [0.29, 0.717) is 5.92 Å². The first-order valence-electron chi connectivity index (χ1n) is 8.13. The molecule has 0 bridgehead atoms. The van der Waals surface area contributed by atoms with E-state index >= 15 is 0 Å². The van der Waals surface area contributed by atoms with Crippen molar-refractivity contribution < 1.29 is 4.43 Å². The second kappa shape index (κ2) is 7.65. The second-order valence-electron chi connectivity index (χ2n) is 6.86. The molecule has 0 fully saturated rings. The van der Waals surface area contributed by atoms with Crippen LogP contribution in [0.15, 0.2) is 54.3 Å². The lowest BCUT2D eigenvalue weighted by molar-refractivity contribution is 0.369. The van der Waals surface area contributed by atoms with E-state index in [4.69, 9.17) is 4.43 Å². The maximum Gasteiger partial charge on any atom is 0.241 e. The van der Waals surface area contributed by atoms with Crippen LogP contribution in [-0.4, -0.2) is 8.32 Å². The summed E-state index contributed by atoms with van der Waals surface area (Å²) < 4.78 is 6.15. The minimum atomic E-state index is -1.45. The van der Waals surface area contributed by atoms with E-state index in [1.54, 1.807) is 0 Å². The lowest BCUT2D eigenvalue weighted by Crippen LogP contribution is -2.25. The highest BCUT2D eigenvalue weighted by Gasteiger charge is 2.20. The second-order valence-corrected chi connectivity index (χ2v) is 11.3. The van der Waals surface area contributed by atoms with Crippen molar-refractivity contribution in [2.75, 3.05) is 0 Å². The SMILES string of the molecule is C[Si](C)(C)OC1=C[C@H](/C=C/CCc2ccccc2)CCC1. The molecule has 1 nitrogen and oxygen atoms in total. The van der Waals surface area contributed by atoms with Crippen molar-refractivity contribution >= 4 is 8.32 Å². The first kappa shape index (κ1) is 16.1. The molecule has 0 saturated heterocycles. The third kappa shape index (κ3) is 6.34. The van der Waals surface area contributed by atoms with Crippen LogP contribution in [0.4, 0.5) is 0 Å². The molecule has 0 aliphatic heterocycles. The van der Waals surface area contributed by atoms with Gasteiger partial charge < -0.3 is 4.43 Å². The van der Waals surface area contributed by atoms with Crippen molar-refractivity contribution in [3.8, 4) is 0 Å². The van der Waals surface area contributed by atoms with Gasteiger partial charge in [0.2, 0.25) is 8.32 Å². The van der Waals surface area contributed by atoms with E-state index in [-0.39, 0.29) is 0 Å². The van der Waals surface area contributed by atoms with Gasteiger partial charge in [-0.05, 0) is 62.9 Å². The predicted molar refractivity (Wildman–Crippen MR) is 93.8 cm³/mol. The molecule has 114 valence electrons. The van der Waals surface area contributed by atoms with Gasteiger partial charge in [-0.15, -0.1) is 0 Å². The molecule has 1 atom stereocenters. The average Bonchev–Trinajstić information content (AvgIpc) is 2.43. The lowest BCUT2D eigenvalue weighted by Gasteiger charge is -2.26. The van der Waals surface area contributed by atoms with Crippen molar-refractivity contribution in [1.82, 2.24) is 0 Å². The molecule has 21 heavy (non-hydrogen) atoms. The predicted octanol–water partition coefficient (Wildman–Crippen LogP) is 5.71. The molecule has 1 aromatic carbocycles. The molecule has 0 unspecified atom stereocenters. The van der Waals surface area contributed by atoms with E-state index in [1.807, 2.05) is 0 Å². The number of hydrogen-bond acceptors (Lipinski definition) is 1. The zero-order valence-electron chi connectivity index (χ0n) is 13.6. The first-order chi connectivity index (χ1) is 10.0. The summed E-state index contributed by atoms with van der Waals surface area (Å²) in [7, 11) is -1.45. The third-order valence-electron chi connectivity index (χ3n) is 3.62. The minimum Gasteiger partial charge on any atom is -0.548 e. The van der Waals surface area contributed by atoms with Gasteiger partial charge >= 0.3 is 0 Å². The molecule has 1 aromatic rings. The van der Waals surface area contributed by atoms with Crippen LogP contribution in [0.3, 0.4) is 0 Å². The van der Waals surface area contributed by atoms with Crippen LogP contribution in [0.1, 0.15) is 31.2 Å². The van der Waals surface area contributed by atoms with Gasteiger partial charge in [0.05, 0.1) is 5.76 Å². The van der Waals surface area contributed by atoms with Crippen molar-refractivity contribution in [2.24, 2.45) is 5.92 Å². The number of rotatable bonds is 6. The van der Waals surface area contributed by atoms with Gasteiger partial charge in [-0.1, -0.05) is 42.5 Å². The van der Waals surface area contributed by atoms with Crippen LogP contribution in [0.25, 0.3) is 0 Å². The van der Waals surface area contributed by atoms with Crippen molar-refractivity contribution in [2.45, 2.75) is 51.7 Å². The van der Waals surface area contributed by atoms with E-state index in [9.17, 15) is 0 Å². The number of hydrogen-bond donors (Lipinski definition) is 0. The Balaban J connectivity index is 1.81. The molecule has 2 heteroatoms. The zero-order valence-corrected chi connectivity index (χ0v) is 14.6. The molecule has 0 radical (unpaired) electrons. The van der Waals surface area contributed by atoms with Crippen molar-refractivity contribution in [1.29, 1.82) is 0 Å². The zero-order chi connectivity index (χ0) is 15.1. The summed E-state index contributed by atoms with van der Waals surface area (Å²) in [6.07, 6.45) is 13.0. The quantitative estimate of drug-likeness (QED) is 0.483. The van der Waals surface area contributed by atoms with Gasteiger partial charge in [-0.2, -0.15) is 0 Å². The molecule has 1 aliphatic rings. The number of allylic oxidation sites excluding steroid dienone is 4. The Morgan fingerprint density at radius 2 is 1.95 bits per heavy atom. The Morgan fingerprint density at radius 1 is 1.19 bits per heavy atom. The topological polar surface area (TPSA) is 9.23 Å². The summed E-state index contributed by atoms with van der Waals surface area (Å²) >= 11 is 0. The van der Waals surface area contributed by atoms with Gasteiger partial charge in [0.15, 0.2) is 0 Å². The van der Waals surface area contributed by atoms with Gasteiger partial charge in [-0.25, -0.2) is 0 Å². The van der Waals surface area contributed by atoms with Crippen LogP contribution in [-0.2, 0) is 10.8 Å². The number of benzene rings is 1. The Bertz CT molecular complexity index is 482. The average molecular weight is 301 g/mol. The fourth-order valence-electron chi connectivity index (χ4n) is 2.71. The molecular weight excluding hydrogens is 272 g/mol. The Morgan fingerprint density at radius 3 is 2.67 bits per heavy atom. The molecule has 0 heterocycles. The fraction of sp³-hybridized carbons (Fsp3) is 0.474. The molecule has 0 aromatic heterocycles. The van der Waals surface area contributed by atoms with Gasteiger partial charge in [0.1, 0.15) is 0 Å². The molecule has 1 aliphatic carbocycles. The molecule has 0 saturated carbocycles. The monoisotopic (exact) mass is 300 g/mol. The Labute approximate surface area is 130 Å². The van der Waals surface area contributed by atoms with Crippen LogP contribution >= 0.6 is 0 Å². The third-order valence-corrected chi connectivity index (χ3v) is 4.50. The summed E-state index contributed by atoms with van der Waals surface area (Å²) in [4.78, 5) is 0. The minimum absolute atomic E-state index is 0.570. The van der Waals surface area contributed by atoms with E-state index in [2.05, 4.69) is 68.2 Å². The van der Waals surface area contributed by atoms with E-state index < -0.39 is 8.32 Å². The Kier molecular flexibility index (Phi) is 5.86. The maximum absolute atomic E-state index is 6.15. The molecule has 2 rings (SSSR count). The highest BCUT2D eigenvalue weighted by Crippen LogP contribution is 2.27. The van der Waals surface area contributed by atoms with Gasteiger partial charge in [0, 0.05) is 6.42 Å². The fourth-order valence-corrected chi connectivity index (χ4v) is 3.67. The molecule has 0 N–H and O–H groups in total. The molecule has 0 amide bonds. The normalized spacial score (nSPS) is 19.6. The Hall–Kier alpha value is -1.28. The summed E-state index contributed by atoms with van der Waals surface area (Å²) in [6.45, 7) is 6.77. The smallest absolute Gasteiger partial charge is 0.241 e. The highest BCUT2D eigenvalue weighted by molar-refractivity contribution is 6.70. The van der Waals surface area contributed by atoms with E-state index in [0.717, 1.165) is 19.3 Å². The number of aryl methyl sites for hydroxylation is 1. The summed E-state index contributed by atoms with van der Waals surface area (Å²) in [6, 6.07) is 10.7. The van der Waals surface area contributed by atoms with E-state index in [1.165, 1.54) is 24.2 Å². The largest absolute Gasteiger partial charge is 0.548 e. The standard InChI is InChI=1S/C19H28OSi/c1-21(2,3)20-19-15-9-14-18(16-19)13-8-7-12-17-10-5-4-6-11-17/h4-6,8,10-11,13,16,18H,7,9,12,14-15H2,1-3H3/b13-8+/t18-/m1/s1. The summed E-state index contributed by atoms with van der Waals surface area (Å²) in [5.41, 5.74) is 1.42. The first-order valence-corrected chi connectivity index (χ1v) is 11.5. The van der Waals surface area contributed by atoms with Crippen LogP contribution in [0.2, 0.25) is 19.6 Å². The van der Waals surface area contributed by atoms with Gasteiger partial charge in [-0.3, -0.25) is 0 Å². The summed E-state index contributed by atoms with van der Waals surface area (Å²) in [5, 5.41) is 0. The highest BCUT2D eigenvalue weighted by atomic mass is 28.4. The molecular formula is C19H28OSi. The van der Waals surface area contributed by atoms with Crippen LogP contribution in [0, 0.1) is 5.92 Å². The van der Waals surface area contributed by atoms with Crippen LogP contribution < -0.4 is 0 Å². The van der Waals surface area contributed by atoms with Crippen molar-refractivity contribution in [3.05, 3.63) is 59.9 Å². The molecule has 0 spiro atoms. The van der Waals surface area contributed by atoms with Gasteiger partial charge in [0.25, 0.3) is 0 Å². The summed E-state index contributed by atoms with van der Waals surface area (Å²) in [5.74, 6) is 1.80. The van der Waals surface area contributed by atoms with Crippen LogP contribution in [0.5, 0.6) is 0 Å². The maximum atomic E-state index is 6.15. The lowest BCUT2D eigenvalue weighted by atomic mass is 9.94.